The highest BCUT2D eigenvalue weighted by Gasteiger charge is 2.52. The van der Waals surface area contributed by atoms with E-state index >= 15 is 0 Å². The van der Waals surface area contributed by atoms with Crippen molar-refractivity contribution in [2.75, 3.05) is 13.2 Å². The van der Waals surface area contributed by atoms with Crippen molar-refractivity contribution >= 4 is 21.8 Å². The first-order chi connectivity index (χ1) is 11.1. The predicted molar refractivity (Wildman–Crippen MR) is 88.8 cm³/mol. The first-order valence-corrected chi connectivity index (χ1v) is 8.71. The summed E-state index contributed by atoms with van der Waals surface area (Å²) in [4.78, 5) is 12.7. The Morgan fingerprint density at radius 2 is 2.26 bits per heavy atom. The average molecular weight is 379 g/mol. The first kappa shape index (κ1) is 15.0. The molecule has 3 heterocycles. The monoisotopic (exact) mass is 378 g/mol. The maximum atomic E-state index is 12.7. The molecule has 3 aliphatic heterocycles. The number of benzene rings is 1. The number of rotatable bonds is 1. The van der Waals surface area contributed by atoms with Crippen LogP contribution in [0.5, 0.6) is 5.75 Å². The summed E-state index contributed by atoms with van der Waals surface area (Å²) in [6.07, 6.45) is 2.63. The quantitative estimate of drug-likeness (QED) is 0.787. The summed E-state index contributed by atoms with van der Waals surface area (Å²) in [6, 6.07) is 5.81. The molecule has 4 rings (SSSR count). The minimum Gasteiger partial charge on any atom is -0.490 e. The highest BCUT2D eigenvalue weighted by molar-refractivity contribution is 9.10. The predicted octanol–water partition coefficient (Wildman–Crippen LogP) is 2.41. The van der Waals surface area contributed by atoms with Crippen molar-refractivity contribution in [2.24, 2.45) is 5.92 Å². The third kappa shape index (κ3) is 2.44. The van der Waals surface area contributed by atoms with E-state index in [0.717, 1.165) is 35.2 Å². The van der Waals surface area contributed by atoms with Gasteiger partial charge in [-0.15, -0.1) is 0 Å². The van der Waals surface area contributed by atoms with Crippen molar-refractivity contribution in [2.45, 2.75) is 30.9 Å². The van der Waals surface area contributed by atoms with Crippen LogP contribution in [0.25, 0.3) is 0 Å². The number of halogens is 1. The maximum Gasteiger partial charge on any atom is 0.256 e. The molecular formula is C17H19BrN2O3. The molecule has 6 heteroatoms. The minimum atomic E-state index is -0.809. The molecule has 1 spiro atoms. The van der Waals surface area contributed by atoms with Gasteiger partial charge in [0.25, 0.3) is 5.91 Å². The zero-order chi connectivity index (χ0) is 16.0. The topological polar surface area (TPSA) is 59.6 Å². The van der Waals surface area contributed by atoms with E-state index in [1.54, 1.807) is 0 Å². The second-order valence-corrected chi connectivity index (χ2v) is 7.36. The third-order valence-corrected chi connectivity index (χ3v) is 5.42. The number of carbonyl (C=O) groups excluding carboxylic acids is 1. The van der Waals surface area contributed by atoms with E-state index in [2.05, 4.69) is 33.1 Å². The summed E-state index contributed by atoms with van der Waals surface area (Å²) in [7, 11) is 0. The lowest BCUT2D eigenvalue weighted by molar-refractivity contribution is -0.127. The van der Waals surface area contributed by atoms with Crippen LogP contribution in [0.15, 0.2) is 35.1 Å². The fourth-order valence-corrected chi connectivity index (χ4v) is 4.16. The van der Waals surface area contributed by atoms with E-state index in [0.29, 0.717) is 24.8 Å². The Morgan fingerprint density at radius 1 is 1.39 bits per heavy atom. The Kier molecular flexibility index (Phi) is 3.61. The van der Waals surface area contributed by atoms with Crippen LogP contribution in [0.3, 0.4) is 0 Å². The highest BCUT2D eigenvalue weighted by Crippen LogP contribution is 2.45. The van der Waals surface area contributed by atoms with Gasteiger partial charge in [0.1, 0.15) is 11.9 Å². The second-order valence-electron chi connectivity index (χ2n) is 6.44. The zero-order valence-corrected chi connectivity index (χ0v) is 14.3. The Bertz CT molecular complexity index is 672. The van der Waals surface area contributed by atoms with Crippen LogP contribution in [-0.2, 0) is 15.1 Å². The second kappa shape index (κ2) is 5.53. The van der Waals surface area contributed by atoms with Crippen LogP contribution in [0, 0.1) is 5.92 Å². The molecule has 3 atom stereocenters. The summed E-state index contributed by atoms with van der Waals surface area (Å²) in [5.74, 6) is 1.54. The van der Waals surface area contributed by atoms with Gasteiger partial charge in [-0.1, -0.05) is 22.5 Å². The van der Waals surface area contributed by atoms with Crippen LogP contribution in [-0.4, -0.2) is 25.2 Å². The molecule has 122 valence electrons. The van der Waals surface area contributed by atoms with Crippen molar-refractivity contribution in [3.05, 3.63) is 40.6 Å². The zero-order valence-electron chi connectivity index (χ0n) is 12.7. The molecule has 0 radical (unpaired) electrons. The molecule has 2 saturated heterocycles. The van der Waals surface area contributed by atoms with Gasteiger partial charge in [0, 0.05) is 29.0 Å². The van der Waals surface area contributed by atoms with E-state index in [1.807, 2.05) is 18.2 Å². The molecule has 2 fully saturated rings. The molecule has 0 aliphatic carbocycles. The molecule has 1 aromatic rings. The van der Waals surface area contributed by atoms with E-state index in [9.17, 15) is 4.79 Å². The number of amides is 1. The van der Waals surface area contributed by atoms with Gasteiger partial charge in [0.05, 0.1) is 12.4 Å². The Hall–Kier alpha value is -1.53. The minimum absolute atomic E-state index is 0.0480. The molecule has 3 unspecified atom stereocenters. The van der Waals surface area contributed by atoms with Gasteiger partial charge < -0.3 is 20.1 Å². The van der Waals surface area contributed by atoms with E-state index in [4.69, 9.17) is 9.47 Å². The van der Waals surface area contributed by atoms with E-state index < -0.39 is 5.54 Å². The van der Waals surface area contributed by atoms with Crippen LogP contribution in [0.1, 0.15) is 24.8 Å². The molecule has 5 nitrogen and oxygen atoms in total. The van der Waals surface area contributed by atoms with Gasteiger partial charge in [-0.05, 0) is 31.0 Å². The Balaban J connectivity index is 1.76. The number of fused-ring (bicyclic) bond motifs is 2. The maximum absolute atomic E-state index is 12.7. The highest BCUT2D eigenvalue weighted by atomic mass is 79.9. The number of hydrogen-bond donors (Lipinski definition) is 2. The van der Waals surface area contributed by atoms with Crippen molar-refractivity contribution in [3.63, 3.8) is 0 Å². The molecule has 23 heavy (non-hydrogen) atoms. The van der Waals surface area contributed by atoms with Gasteiger partial charge in [0.2, 0.25) is 0 Å². The van der Waals surface area contributed by atoms with Gasteiger partial charge in [-0.25, -0.2) is 0 Å². The van der Waals surface area contributed by atoms with Crippen LogP contribution in [0.2, 0.25) is 0 Å². The largest absolute Gasteiger partial charge is 0.490 e. The van der Waals surface area contributed by atoms with Crippen LogP contribution in [0.4, 0.5) is 0 Å². The smallest absolute Gasteiger partial charge is 0.256 e. The summed E-state index contributed by atoms with van der Waals surface area (Å²) in [5, 5.41) is 6.09. The summed E-state index contributed by atoms with van der Waals surface area (Å²) in [6.45, 7) is 5.37. The molecule has 0 saturated carbocycles. The van der Waals surface area contributed by atoms with Gasteiger partial charge in [-0.3, -0.25) is 4.79 Å². The lowest BCUT2D eigenvalue weighted by Crippen LogP contribution is -2.52. The van der Waals surface area contributed by atoms with Gasteiger partial charge in [-0.2, -0.15) is 0 Å². The number of carbonyl (C=O) groups is 1. The number of hydrogen-bond acceptors (Lipinski definition) is 4. The average Bonchev–Trinajstić information content (AvgIpc) is 2.83. The SMILES string of the molecule is C=C1NC(=O)C2(CC(C3CCCOC3)Oc3ccc(Br)cc32)N1. The molecule has 2 N–H and O–H groups in total. The Labute approximate surface area is 143 Å². The Morgan fingerprint density at radius 3 is 2.96 bits per heavy atom. The first-order valence-electron chi connectivity index (χ1n) is 7.91. The molecule has 1 aromatic carbocycles. The van der Waals surface area contributed by atoms with Gasteiger partial charge >= 0.3 is 0 Å². The van der Waals surface area contributed by atoms with E-state index in [1.165, 1.54) is 0 Å². The lowest BCUT2D eigenvalue weighted by atomic mass is 9.78. The van der Waals surface area contributed by atoms with Crippen LogP contribution < -0.4 is 15.4 Å². The summed E-state index contributed by atoms with van der Waals surface area (Å²) < 4.78 is 12.8. The fraction of sp³-hybridized carbons (Fsp3) is 0.471. The standard InChI is InChI=1S/C17H19BrN2O3/c1-10-19-16(21)17(20-10)8-15(11-3-2-6-22-9-11)23-14-5-4-12(18)7-13(14)17/h4-5,7,11,15,20H,1-3,6,8-9H2,(H,19,21). The molecule has 1 amide bonds. The van der Waals surface area contributed by atoms with E-state index in [-0.39, 0.29) is 12.0 Å². The molecule has 0 aromatic heterocycles. The molecule has 3 aliphatic rings. The normalized spacial score (nSPS) is 32.9. The lowest BCUT2D eigenvalue weighted by Gasteiger charge is -2.41. The molecular weight excluding hydrogens is 360 g/mol. The summed E-state index contributed by atoms with van der Waals surface area (Å²) in [5.41, 5.74) is 0.0484. The van der Waals surface area contributed by atoms with Crippen molar-refractivity contribution in [3.8, 4) is 5.75 Å². The molecule has 0 bridgehead atoms. The van der Waals surface area contributed by atoms with Crippen LogP contribution >= 0.6 is 15.9 Å². The fourth-order valence-electron chi connectivity index (χ4n) is 3.80. The number of ether oxygens (including phenoxy) is 2. The van der Waals surface area contributed by atoms with Crippen molar-refractivity contribution in [1.82, 2.24) is 10.6 Å². The number of nitrogens with one attached hydrogen (secondary N) is 2. The van der Waals surface area contributed by atoms with Gasteiger partial charge in [0.15, 0.2) is 5.54 Å². The van der Waals surface area contributed by atoms with Crippen molar-refractivity contribution in [1.29, 1.82) is 0 Å². The van der Waals surface area contributed by atoms with Crippen molar-refractivity contribution < 1.29 is 14.3 Å². The third-order valence-electron chi connectivity index (χ3n) is 4.92. The summed E-state index contributed by atoms with van der Waals surface area (Å²) >= 11 is 3.49.